The molecule has 0 aliphatic heterocycles. The Bertz CT molecular complexity index is 563. The summed E-state index contributed by atoms with van der Waals surface area (Å²) in [5, 5.41) is 8.94. The molecule has 2 rings (SSSR count). The van der Waals surface area contributed by atoms with Gasteiger partial charge in [0.1, 0.15) is 0 Å². The van der Waals surface area contributed by atoms with Crippen molar-refractivity contribution in [3.63, 3.8) is 0 Å². The number of carboxylic acid groups (broad SMARTS) is 1. The van der Waals surface area contributed by atoms with Crippen molar-refractivity contribution in [1.29, 1.82) is 0 Å². The van der Waals surface area contributed by atoms with Gasteiger partial charge in [-0.1, -0.05) is 0 Å². The van der Waals surface area contributed by atoms with Crippen LogP contribution in [0.3, 0.4) is 0 Å². The van der Waals surface area contributed by atoms with Crippen molar-refractivity contribution in [2.24, 2.45) is 0 Å². The van der Waals surface area contributed by atoms with Gasteiger partial charge in [0.15, 0.2) is 11.0 Å². The first-order chi connectivity index (χ1) is 6.68. The molecule has 2 heterocycles. The van der Waals surface area contributed by atoms with Gasteiger partial charge < -0.3 is 9.52 Å². The number of aromatic carboxylic acids is 1. The monoisotopic (exact) mass is 227 g/mol. The number of fused-ring (bicyclic) bond motifs is 1. The van der Waals surface area contributed by atoms with E-state index >= 15 is 0 Å². The number of hydrogen-bond donors (Lipinski definition) is 1. The molecule has 0 saturated carbocycles. The lowest BCUT2D eigenvalue weighted by Gasteiger charge is -1.96. The summed E-state index contributed by atoms with van der Waals surface area (Å²) in [7, 11) is 0. The normalized spacial score (nSPS) is 9.60. The molecule has 15 heavy (non-hydrogen) atoms. The Labute approximate surface area is 89.8 Å². The average Bonchev–Trinajstić information content (AvgIpc) is 2.17. The first kappa shape index (κ1) is 11.2. The standard InChI is InChI=1S/C9H5NO4.ClH/c11-6-3-7(9(12)13)14-8-4-10-2-1-5(6)8;/h1-4H,(H,12,13);1H. The van der Waals surface area contributed by atoms with E-state index in [1.54, 1.807) is 0 Å². The van der Waals surface area contributed by atoms with Crippen LogP contribution in [0.15, 0.2) is 33.7 Å². The van der Waals surface area contributed by atoms with Gasteiger partial charge in [0.2, 0.25) is 5.76 Å². The molecule has 0 aliphatic rings. The molecule has 5 nitrogen and oxygen atoms in total. The number of nitrogens with zero attached hydrogens (tertiary/aromatic N) is 1. The van der Waals surface area contributed by atoms with Crippen LogP contribution >= 0.6 is 12.4 Å². The summed E-state index contributed by atoms with van der Waals surface area (Å²) in [5.74, 6) is -1.65. The largest absolute Gasteiger partial charge is 0.475 e. The fraction of sp³-hybridized carbons (Fsp3) is 0. The lowest BCUT2D eigenvalue weighted by molar-refractivity contribution is 0.0663. The van der Waals surface area contributed by atoms with Gasteiger partial charge in [0.25, 0.3) is 0 Å². The topological polar surface area (TPSA) is 80.4 Å². The molecule has 0 atom stereocenters. The molecule has 0 aliphatic carbocycles. The van der Waals surface area contributed by atoms with Crippen molar-refractivity contribution in [2.45, 2.75) is 0 Å². The predicted octanol–water partition coefficient (Wildman–Crippen LogP) is 1.31. The van der Waals surface area contributed by atoms with Gasteiger partial charge in [-0.25, -0.2) is 4.79 Å². The van der Waals surface area contributed by atoms with E-state index in [0.29, 0.717) is 5.39 Å². The number of rotatable bonds is 1. The molecule has 6 heteroatoms. The second-order valence-electron chi connectivity index (χ2n) is 2.65. The third kappa shape index (κ3) is 1.97. The number of pyridine rings is 1. The number of aromatic nitrogens is 1. The molecule has 0 unspecified atom stereocenters. The second-order valence-corrected chi connectivity index (χ2v) is 2.65. The van der Waals surface area contributed by atoms with Gasteiger partial charge in [0.05, 0.1) is 11.6 Å². The Morgan fingerprint density at radius 1 is 1.47 bits per heavy atom. The summed E-state index contributed by atoms with van der Waals surface area (Å²) in [4.78, 5) is 25.6. The third-order valence-electron chi connectivity index (χ3n) is 1.74. The fourth-order valence-electron chi connectivity index (χ4n) is 1.11. The number of carboxylic acids is 1. The Morgan fingerprint density at radius 2 is 2.20 bits per heavy atom. The number of hydrogen-bond acceptors (Lipinski definition) is 4. The first-order valence-corrected chi connectivity index (χ1v) is 3.79. The molecular formula is C9H6ClNO4. The van der Waals surface area contributed by atoms with Gasteiger partial charge >= 0.3 is 5.97 Å². The van der Waals surface area contributed by atoms with Crippen LogP contribution in [0.25, 0.3) is 11.0 Å². The summed E-state index contributed by atoms with van der Waals surface area (Å²) in [5.41, 5.74) is -0.205. The van der Waals surface area contributed by atoms with Crippen molar-refractivity contribution < 1.29 is 14.3 Å². The molecule has 0 aromatic carbocycles. The molecule has 2 aromatic heterocycles. The lowest BCUT2D eigenvalue weighted by Crippen LogP contribution is -2.06. The highest BCUT2D eigenvalue weighted by molar-refractivity contribution is 5.87. The van der Waals surface area contributed by atoms with Gasteiger partial charge in [0, 0.05) is 12.3 Å². The van der Waals surface area contributed by atoms with E-state index in [9.17, 15) is 9.59 Å². The van der Waals surface area contributed by atoms with Crippen LogP contribution in [-0.2, 0) is 0 Å². The predicted molar refractivity (Wildman–Crippen MR) is 54.5 cm³/mol. The van der Waals surface area contributed by atoms with Crippen molar-refractivity contribution >= 4 is 29.3 Å². The molecule has 2 aromatic rings. The first-order valence-electron chi connectivity index (χ1n) is 3.79. The summed E-state index contributed by atoms with van der Waals surface area (Å²) in [6.45, 7) is 0. The summed E-state index contributed by atoms with van der Waals surface area (Å²) in [6.07, 6.45) is 2.75. The highest BCUT2D eigenvalue weighted by atomic mass is 35.5. The number of carbonyl (C=O) groups is 1. The SMILES string of the molecule is Cl.O=C(O)c1cc(=O)c2ccncc2o1. The Kier molecular flexibility index (Phi) is 3.06. The van der Waals surface area contributed by atoms with E-state index in [2.05, 4.69) is 4.98 Å². The van der Waals surface area contributed by atoms with Gasteiger partial charge in [-0.05, 0) is 6.07 Å². The smallest absolute Gasteiger partial charge is 0.371 e. The van der Waals surface area contributed by atoms with Crippen molar-refractivity contribution in [2.75, 3.05) is 0 Å². The molecule has 0 saturated heterocycles. The van der Waals surface area contributed by atoms with Crippen LogP contribution in [0.1, 0.15) is 10.6 Å². The van der Waals surface area contributed by atoms with Crippen molar-refractivity contribution in [3.05, 3.63) is 40.5 Å². The van der Waals surface area contributed by atoms with E-state index in [4.69, 9.17) is 9.52 Å². The molecule has 1 N–H and O–H groups in total. The van der Waals surface area contributed by atoms with E-state index in [1.165, 1.54) is 18.5 Å². The molecule has 0 radical (unpaired) electrons. The van der Waals surface area contributed by atoms with Crippen molar-refractivity contribution in [3.8, 4) is 0 Å². The van der Waals surface area contributed by atoms with Gasteiger partial charge in [-0.2, -0.15) is 0 Å². The summed E-state index contributed by atoms with van der Waals surface area (Å²) >= 11 is 0. The Balaban J connectivity index is 0.00000112. The molecule has 78 valence electrons. The van der Waals surface area contributed by atoms with E-state index in [0.717, 1.165) is 6.07 Å². The maximum atomic E-state index is 11.4. The van der Waals surface area contributed by atoms with Crippen LogP contribution < -0.4 is 5.43 Å². The van der Waals surface area contributed by atoms with Crippen LogP contribution in [-0.4, -0.2) is 16.1 Å². The summed E-state index contributed by atoms with van der Waals surface area (Å²) < 4.78 is 4.94. The quantitative estimate of drug-likeness (QED) is 0.794. The molecule has 0 amide bonds. The van der Waals surface area contributed by atoms with Crippen molar-refractivity contribution in [1.82, 2.24) is 4.98 Å². The fourth-order valence-corrected chi connectivity index (χ4v) is 1.11. The molecule has 0 spiro atoms. The molecular weight excluding hydrogens is 222 g/mol. The molecule has 0 bridgehead atoms. The van der Waals surface area contributed by atoms with Gasteiger partial charge in [-0.3, -0.25) is 9.78 Å². The lowest BCUT2D eigenvalue weighted by atomic mass is 10.2. The van der Waals surface area contributed by atoms with Gasteiger partial charge in [-0.15, -0.1) is 12.4 Å². The minimum Gasteiger partial charge on any atom is -0.475 e. The maximum absolute atomic E-state index is 11.4. The third-order valence-corrected chi connectivity index (χ3v) is 1.74. The maximum Gasteiger partial charge on any atom is 0.371 e. The highest BCUT2D eigenvalue weighted by Gasteiger charge is 2.09. The summed E-state index contributed by atoms with van der Waals surface area (Å²) in [6, 6.07) is 2.43. The van der Waals surface area contributed by atoms with E-state index < -0.39 is 5.97 Å². The minimum atomic E-state index is -1.27. The zero-order valence-electron chi connectivity index (χ0n) is 7.34. The van der Waals surface area contributed by atoms with Crippen LogP contribution in [0.5, 0.6) is 0 Å². The minimum absolute atomic E-state index is 0. The van der Waals surface area contributed by atoms with Crippen LogP contribution in [0, 0.1) is 0 Å². The van der Waals surface area contributed by atoms with Crippen LogP contribution in [0.2, 0.25) is 0 Å². The van der Waals surface area contributed by atoms with Crippen LogP contribution in [0.4, 0.5) is 0 Å². The Morgan fingerprint density at radius 3 is 2.87 bits per heavy atom. The van der Waals surface area contributed by atoms with E-state index in [1.807, 2.05) is 0 Å². The second kappa shape index (κ2) is 4.10. The van der Waals surface area contributed by atoms with E-state index in [-0.39, 0.29) is 29.2 Å². The average molecular weight is 228 g/mol. The highest BCUT2D eigenvalue weighted by Crippen LogP contribution is 2.09. The molecule has 0 fully saturated rings. The zero-order chi connectivity index (χ0) is 10.1. The Hall–Kier alpha value is -1.88. The number of halogens is 1. The zero-order valence-corrected chi connectivity index (χ0v) is 8.15.